The highest BCUT2D eigenvalue weighted by Crippen LogP contribution is 2.37. The first-order valence-electron chi connectivity index (χ1n) is 6.62. The molecule has 1 rings (SSSR count). The zero-order chi connectivity index (χ0) is 14.6. The van der Waals surface area contributed by atoms with Crippen molar-refractivity contribution in [3.05, 3.63) is 0 Å². The summed E-state index contributed by atoms with van der Waals surface area (Å²) in [6, 6.07) is -0.401. The second-order valence-electron chi connectivity index (χ2n) is 6.11. The Bertz CT molecular complexity index is 338. The number of aliphatic hydroxyl groups is 1. The Balaban J connectivity index is 2.42. The quantitative estimate of drug-likeness (QED) is 0.688. The van der Waals surface area contributed by atoms with Crippen molar-refractivity contribution in [1.82, 2.24) is 5.32 Å². The lowest BCUT2D eigenvalue weighted by Crippen LogP contribution is -2.45. The van der Waals surface area contributed by atoms with Gasteiger partial charge in [0.25, 0.3) is 0 Å². The Kier molecular flexibility index (Phi) is 5.17. The molecule has 0 aromatic carbocycles. The highest BCUT2D eigenvalue weighted by Gasteiger charge is 2.36. The molecule has 0 radical (unpaired) electrons. The third kappa shape index (κ3) is 5.06. The molecule has 6 nitrogen and oxygen atoms in total. The third-order valence-corrected chi connectivity index (χ3v) is 3.31. The summed E-state index contributed by atoms with van der Waals surface area (Å²) in [6.07, 6.45) is 1.69. The van der Waals surface area contributed by atoms with E-state index in [4.69, 9.17) is 10.5 Å². The molecule has 0 aliphatic heterocycles. The SMILES string of the molecule is CC(C)(C)OC(=O)NC(CO)C[C@H]1CC[C@H]1C(N)=O. The molecule has 1 aliphatic rings. The molecule has 0 spiro atoms. The van der Waals surface area contributed by atoms with Crippen LogP contribution in [0.2, 0.25) is 0 Å². The zero-order valence-electron chi connectivity index (χ0n) is 11.8. The molecule has 1 fully saturated rings. The molecule has 0 aromatic rings. The Morgan fingerprint density at radius 1 is 1.42 bits per heavy atom. The Morgan fingerprint density at radius 2 is 2.05 bits per heavy atom. The lowest BCUT2D eigenvalue weighted by atomic mass is 9.70. The average Bonchev–Trinajstić information content (AvgIpc) is 2.18. The smallest absolute Gasteiger partial charge is 0.407 e. The number of amides is 2. The van der Waals surface area contributed by atoms with Crippen LogP contribution in [0.5, 0.6) is 0 Å². The molecule has 0 bridgehead atoms. The predicted octanol–water partition coefficient (Wildman–Crippen LogP) is 0.774. The number of rotatable bonds is 5. The van der Waals surface area contributed by atoms with Crippen LogP contribution in [-0.2, 0) is 9.53 Å². The van der Waals surface area contributed by atoms with E-state index in [9.17, 15) is 14.7 Å². The summed E-state index contributed by atoms with van der Waals surface area (Å²) in [5.41, 5.74) is 4.70. The predicted molar refractivity (Wildman–Crippen MR) is 70.3 cm³/mol. The van der Waals surface area contributed by atoms with E-state index in [1.807, 2.05) is 0 Å². The first kappa shape index (κ1) is 15.8. The minimum atomic E-state index is -0.573. The first-order valence-corrected chi connectivity index (χ1v) is 6.62. The molecule has 110 valence electrons. The number of primary amides is 1. The minimum absolute atomic E-state index is 0.130. The summed E-state index contributed by atoms with van der Waals surface area (Å²) in [5.74, 6) is -0.288. The fourth-order valence-corrected chi connectivity index (χ4v) is 2.24. The van der Waals surface area contributed by atoms with E-state index in [0.717, 1.165) is 12.8 Å². The van der Waals surface area contributed by atoms with Crippen LogP contribution >= 0.6 is 0 Å². The molecule has 3 atom stereocenters. The van der Waals surface area contributed by atoms with Crippen molar-refractivity contribution >= 4 is 12.0 Å². The van der Waals surface area contributed by atoms with E-state index in [1.165, 1.54) is 0 Å². The minimum Gasteiger partial charge on any atom is -0.444 e. The van der Waals surface area contributed by atoms with E-state index in [1.54, 1.807) is 20.8 Å². The number of nitrogens with two attached hydrogens (primary N) is 1. The number of alkyl carbamates (subject to hydrolysis) is 1. The van der Waals surface area contributed by atoms with Crippen LogP contribution < -0.4 is 11.1 Å². The van der Waals surface area contributed by atoms with Gasteiger partial charge in [0, 0.05) is 5.92 Å². The molecule has 4 N–H and O–H groups in total. The Hall–Kier alpha value is -1.30. The number of hydrogen-bond acceptors (Lipinski definition) is 4. The second kappa shape index (κ2) is 6.23. The highest BCUT2D eigenvalue weighted by molar-refractivity contribution is 5.77. The lowest BCUT2D eigenvalue weighted by Gasteiger charge is -2.36. The number of nitrogens with one attached hydrogen (secondary N) is 1. The molecule has 19 heavy (non-hydrogen) atoms. The van der Waals surface area contributed by atoms with Crippen molar-refractivity contribution < 1.29 is 19.4 Å². The van der Waals surface area contributed by atoms with Gasteiger partial charge < -0.3 is 20.9 Å². The molecule has 0 saturated heterocycles. The van der Waals surface area contributed by atoms with Crippen LogP contribution in [0.1, 0.15) is 40.0 Å². The van der Waals surface area contributed by atoms with Gasteiger partial charge in [-0.15, -0.1) is 0 Å². The van der Waals surface area contributed by atoms with E-state index >= 15 is 0 Å². The summed E-state index contributed by atoms with van der Waals surface area (Å²) < 4.78 is 5.12. The van der Waals surface area contributed by atoms with Crippen molar-refractivity contribution in [3.8, 4) is 0 Å². The molecular formula is C13H24N2O4. The van der Waals surface area contributed by atoms with Crippen LogP contribution in [0.4, 0.5) is 4.79 Å². The second-order valence-corrected chi connectivity index (χ2v) is 6.11. The summed E-state index contributed by atoms with van der Waals surface area (Å²) in [6.45, 7) is 5.14. The van der Waals surface area contributed by atoms with Gasteiger partial charge in [-0.25, -0.2) is 4.79 Å². The topological polar surface area (TPSA) is 102 Å². The van der Waals surface area contributed by atoms with Gasteiger partial charge in [0.2, 0.25) is 5.91 Å². The van der Waals surface area contributed by atoms with Gasteiger partial charge in [0.15, 0.2) is 0 Å². The van der Waals surface area contributed by atoms with Crippen LogP contribution in [0, 0.1) is 11.8 Å². The first-order chi connectivity index (χ1) is 8.73. The Labute approximate surface area is 113 Å². The maximum atomic E-state index is 11.6. The van der Waals surface area contributed by atoms with E-state index in [0.29, 0.717) is 6.42 Å². The number of aliphatic hydroxyl groups excluding tert-OH is 1. The van der Waals surface area contributed by atoms with Gasteiger partial charge in [0.1, 0.15) is 5.60 Å². The summed E-state index contributed by atoms with van der Waals surface area (Å²) in [4.78, 5) is 22.7. The van der Waals surface area contributed by atoms with Gasteiger partial charge in [-0.3, -0.25) is 4.79 Å². The van der Waals surface area contributed by atoms with Crippen LogP contribution in [0.15, 0.2) is 0 Å². The molecule has 1 unspecified atom stereocenters. The fraction of sp³-hybridized carbons (Fsp3) is 0.846. The van der Waals surface area contributed by atoms with Crippen molar-refractivity contribution in [2.45, 2.75) is 51.7 Å². The monoisotopic (exact) mass is 272 g/mol. The van der Waals surface area contributed by atoms with E-state index < -0.39 is 17.7 Å². The van der Waals surface area contributed by atoms with Crippen molar-refractivity contribution in [1.29, 1.82) is 0 Å². The van der Waals surface area contributed by atoms with Crippen LogP contribution in [-0.4, -0.2) is 35.4 Å². The molecule has 2 amide bonds. The van der Waals surface area contributed by atoms with Gasteiger partial charge in [0.05, 0.1) is 12.6 Å². The molecule has 1 saturated carbocycles. The largest absolute Gasteiger partial charge is 0.444 e. The third-order valence-electron chi connectivity index (χ3n) is 3.31. The van der Waals surface area contributed by atoms with E-state index in [-0.39, 0.29) is 24.3 Å². The number of carbonyl (C=O) groups is 2. The fourth-order valence-electron chi connectivity index (χ4n) is 2.24. The normalized spacial score (nSPS) is 24.2. The van der Waals surface area contributed by atoms with Crippen molar-refractivity contribution in [2.75, 3.05) is 6.61 Å². The van der Waals surface area contributed by atoms with Crippen molar-refractivity contribution in [3.63, 3.8) is 0 Å². The van der Waals surface area contributed by atoms with Crippen LogP contribution in [0.3, 0.4) is 0 Å². The molecular weight excluding hydrogens is 248 g/mol. The number of hydrogen-bond donors (Lipinski definition) is 3. The summed E-state index contributed by atoms with van der Waals surface area (Å²) in [5, 5.41) is 11.9. The van der Waals surface area contributed by atoms with Gasteiger partial charge in [-0.2, -0.15) is 0 Å². The van der Waals surface area contributed by atoms with Crippen LogP contribution in [0.25, 0.3) is 0 Å². The zero-order valence-corrected chi connectivity index (χ0v) is 11.8. The lowest BCUT2D eigenvalue weighted by molar-refractivity contribution is -0.127. The molecule has 1 aliphatic carbocycles. The van der Waals surface area contributed by atoms with Gasteiger partial charge >= 0.3 is 6.09 Å². The van der Waals surface area contributed by atoms with E-state index in [2.05, 4.69) is 5.32 Å². The molecule has 6 heteroatoms. The summed E-state index contributed by atoms with van der Waals surface area (Å²) >= 11 is 0. The highest BCUT2D eigenvalue weighted by atomic mass is 16.6. The maximum Gasteiger partial charge on any atom is 0.407 e. The van der Waals surface area contributed by atoms with Gasteiger partial charge in [-0.1, -0.05) is 0 Å². The standard InChI is InChI=1S/C13H24N2O4/c1-13(2,3)19-12(18)15-9(7-16)6-8-4-5-10(8)11(14)17/h8-10,16H,4-7H2,1-3H3,(H2,14,17)(H,15,18)/t8-,9?,10-/m1/s1. The molecule has 0 aromatic heterocycles. The maximum absolute atomic E-state index is 11.6. The summed E-state index contributed by atoms with van der Waals surface area (Å²) in [7, 11) is 0. The van der Waals surface area contributed by atoms with Gasteiger partial charge in [-0.05, 0) is 46.0 Å². The van der Waals surface area contributed by atoms with Crippen molar-refractivity contribution in [2.24, 2.45) is 17.6 Å². The molecule has 0 heterocycles. The number of ether oxygens (including phenoxy) is 1. The Morgan fingerprint density at radius 3 is 2.42 bits per heavy atom. The average molecular weight is 272 g/mol. The number of carbonyl (C=O) groups excluding carboxylic acids is 2.